The molecule has 6 nitrogen and oxygen atoms in total. The summed E-state index contributed by atoms with van der Waals surface area (Å²) in [5.74, 6) is -1.62. The predicted molar refractivity (Wildman–Crippen MR) is 73.3 cm³/mol. The Labute approximate surface area is 117 Å². The van der Waals surface area contributed by atoms with Gasteiger partial charge in [0.25, 0.3) is 5.91 Å². The number of aliphatic carboxylic acids is 1. The fourth-order valence-corrected chi connectivity index (χ4v) is 1.72. The van der Waals surface area contributed by atoms with Crippen molar-refractivity contribution in [3.8, 4) is 0 Å². The second kappa shape index (κ2) is 7.28. The van der Waals surface area contributed by atoms with Gasteiger partial charge in [-0.15, -0.1) is 0 Å². The van der Waals surface area contributed by atoms with Gasteiger partial charge in [-0.1, -0.05) is 18.2 Å². The standard InChI is InChI=1S/C14H18N2O4/c1-10(8-13(18)19)15-12(17)9-16(2)14(20)11-6-4-3-5-7-11/h3-7,10H,8-9H2,1-2H3,(H,15,17)(H,18,19). The highest BCUT2D eigenvalue weighted by atomic mass is 16.4. The van der Waals surface area contributed by atoms with Crippen LogP contribution in [0.2, 0.25) is 0 Å². The summed E-state index contributed by atoms with van der Waals surface area (Å²) in [6.07, 6.45) is -0.151. The van der Waals surface area contributed by atoms with Gasteiger partial charge in [-0.05, 0) is 19.1 Å². The Morgan fingerprint density at radius 1 is 1.25 bits per heavy atom. The molecule has 0 fully saturated rings. The molecule has 1 atom stereocenters. The van der Waals surface area contributed by atoms with Crippen LogP contribution in [-0.4, -0.2) is 47.4 Å². The molecule has 0 aliphatic heterocycles. The van der Waals surface area contributed by atoms with Gasteiger partial charge in [0.2, 0.25) is 5.91 Å². The number of carboxylic acids is 1. The molecule has 1 unspecified atom stereocenters. The Kier molecular flexibility index (Phi) is 5.71. The molecule has 0 radical (unpaired) electrons. The van der Waals surface area contributed by atoms with Crippen LogP contribution in [0.3, 0.4) is 0 Å². The monoisotopic (exact) mass is 278 g/mol. The summed E-state index contributed by atoms with van der Waals surface area (Å²) in [6.45, 7) is 1.49. The molecule has 2 N–H and O–H groups in total. The second-order valence-corrected chi connectivity index (χ2v) is 4.59. The van der Waals surface area contributed by atoms with Crippen molar-refractivity contribution in [2.75, 3.05) is 13.6 Å². The van der Waals surface area contributed by atoms with Crippen molar-refractivity contribution in [2.24, 2.45) is 0 Å². The molecule has 1 aromatic carbocycles. The molecule has 0 saturated carbocycles. The Morgan fingerprint density at radius 3 is 2.40 bits per heavy atom. The molecule has 0 bridgehead atoms. The van der Waals surface area contributed by atoms with Gasteiger partial charge in [0.05, 0.1) is 13.0 Å². The Balaban J connectivity index is 2.49. The maximum absolute atomic E-state index is 12.0. The van der Waals surface area contributed by atoms with Gasteiger partial charge >= 0.3 is 5.97 Å². The van der Waals surface area contributed by atoms with Crippen molar-refractivity contribution in [1.29, 1.82) is 0 Å². The first-order valence-corrected chi connectivity index (χ1v) is 6.22. The zero-order chi connectivity index (χ0) is 15.1. The second-order valence-electron chi connectivity index (χ2n) is 4.59. The zero-order valence-electron chi connectivity index (χ0n) is 11.5. The van der Waals surface area contributed by atoms with Crippen molar-refractivity contribution in [1.82, 2.24) is 10.2 Å². The van der Waals surface area contributed by atoms with Crippen LogP contribution in [0.5, 0.6) is 0 Å². The van der Waals surface area contributed by atoms with Crippen molar-refractivity contribution < 1.29 is 19.5 Å². The van der Waals surface area contributed by atoms with Crippen molar-refractivity contribution in [3.05, 3.63) is 35.9 Å². The average Bonchev–Trinajstić information content (AvgIpc) is 2.37. The van der Waals surface area contributed by atoms with Gasteiger partial charge in [0.15, 0.2) is 0 Å². The summed E-state index contributed by atoms with van der Waals surface area (Å²) < 4.78 is 0. The average molecular weight is 278 g/mol. The summed E-state index contributed by atoms with van der Waals surface area (Å²) in [4.78, 5) is 35.5. The maximum atomic E-state index is 12.0. The first kappa shape index (κ1) is 15.7. The highest BCUT2D eigenvalue weighted by Crippen LogP contribution is 2.02. The Morgan fingerprint density at radius 2 is 1.85 bits per heavy atom. The van der Waals surface area contributed by atoms with E-state index in [1.165, 1.54) is 11.9 Å². The van der Waals surface area contributed by atoms with Gasteiger partial charge in [-0.25, -0.2) is 0 Å². The third-order valence-electron chi connectivity index (χ3n) is 2.64. The highest BCUT2D eigenvalue weighted by molar-refractivity contribution is 5.96. The molecule has 0 aliphatic rings. The number of carboxylic acid groups (broad SMARTS) is 1. The molecular weight excluding hydrogens is 260 g/mol. The normalized spacial score (nSPS) is 11.5. The number of amides is 2. The number of nitrogens with one attached hydrogen (secondary N) is 1. The largest absolute Gasteiger partial charge is 0.481 e. The minimum Gasteiger partial charge on any atom is -0.481 e. The molecule has 6 heteroatoms. The van der Waals surface area contributed by atoms with Gasteiger partial charge in [-0.3, -0.25) is 14.4 Å². The molecule has 0 aromatic heterocycles. The van der Waals surface area contributed by atoms with E-state index in [-0.39, 0.29) is 24.8 Å². The quantitative estimate of drug-likeness (QED) is 0.803. The number of carbonyl (C=O) groups is 3. The van der Waals surface area contributed by atoms with Gasteiger partial charge < -0.3 is 15.3 Å². The van der Waals surface area contributed by atoms with E-state index in [2.05, 4.69) is 5.32 Å². The van der Waals surface area contributed by atoms with Gasteiger partial charge in [-0.2, -0.15) is 0 Å². The van der Waals surface area contributed by atoms with Crippen LogP contribution in [-0.2, 0) is 9.59 Å². The molecule has 0 saturated heterocycles. The first-order chi connectivity index (χ1) is 9.40. The molecule has 20 heavy (non-hydrogen) atoms. The summed E-state index contributed by atoms with van der Waals surface area (Å²) >= 11 is 0. The molecule has 0 spiro atoms. The minimum atomic E-state index is -0.980. The van der Waals surface area contributed by atoms with E-state index >= 15 is 0 Å². The van der Waals surface area contributed by atoms with E-state index in [0.717, 1.165) is 0 Å². The van der Waals surface area contributed by atoms with Crippen LogP contribution >= 0.6 is 0 Å². The van der Waals surface area contributed by atoms with Crippen LogP contribution in [0, 0.1) is 0 Å². The summed E-state index contributed by atoms with van der Waals surface area (Å²) in [5.41, 5.74) is 0.501. The van der Waals surface area contributed by atoms with Crippen LogP contribution in [0.25, 0.3) is 0 Å². The molecule has 2 amide bonds. The molecule has 108 valence electrons. The van der Waals surface area contributed by atoms with Gasteiger partial charge in [0.1, 0.15) is 0 Å². The van der Waals surface area contributed by atoms with Crippen LogP contribution in [0.4, 0.5) is 0 Å². The Hall–Kier alpha value is -2.37. The fourth-order valence-electron chi connectivity index (χ4n) is 1.72. The number of benzene rings is 1. The third-order valence-corrected chi connectivity index (χ3v) is 2.64. The third kappa shape index (κ3) is 5.09. The molecule has 1 rings (SSSR count). The maximum Gasteiger partial charge on any atom is 0.305 e. The Bertz CT molecular complexity index is 487. The summed E-state index contributed by atoms with van der Waals surface area (Å²) in [5, 5.41) is 11.1. The van der Waals surface area contributed by atoms with E-state index in [1.807, 2.05) is 0 Å². The lowest BCUT2D eigenvalue weighted by Crippen LogP contribution is -2.42. The van der Waals surface area contributed by atoms with Crippen molar-refractivity contribution >= 4 is 17.8 Å². The molecule has 0 aliphatic carbocycles. The predicted octanol–water partition coefficient (Wildman–Crippen LogP) is 0.738. The number of rotatable bonds is 6. The van der Waals surface area contributed by atoms with E-state index in [0.29, 0.717) is 5.56 Å². The minimum absolute atomic E-state index is 0.113. The van der Waals surface area contributed by atoms with Crippen LogP contribution < -0.4 is 5.32 Å². The lowest BCUT2D eigenvalue weighted by molar-refractivity contribution is -0.137. The number of hydrogen-bond acceptors (Lipinski definition) is 3. The molecular formula is C14H18N2O4. The number of nitrogens with zero attached hydrogens (tertiary/aromatic N) is 1. The number of hydrogen-bond donors (Lipinski definition) is 2. The zero-order valence-corrected chi connectivity index (χ0v) is 11.5. The van der Waals surface area contributed by atoms with Crippen molar-refractivity contribution in [3.63, 3.8) is 0 Å². The van der Waals surface area contributed by atoms with E-state index in [4.69, 9.17) is 5.11 Å². The molecule has 0 heterocycles. The number of carbonyl (C=O) groups excluding carboxylic acids is 2. The SMILES string of the molecule is CC(CC(=O)O)NC(=O)CN(C)C(=O)c1ccccc1. The highest BCUT2D eigenvalue weighted by Gasteiger charge is 2.16. The summed E-state index contributed by atoms with van der Waals surface area (Å²) in [6, 6.07) is 8.16. The van der Waals surface area contributed by atoms with Crippen LogP contribution in [0.1, 0.15) is 23.7 Å². The van der Waals surface area contributed by atoms with E-state index < -0.39 is 12.0 Å². The van der Waals surface area contributed by atoms with Crippen LogP contribution in [0.15, 0.2) is 30.3 Å². The lowest BCUT2D eigenvalue weighted by atomic mass is 10.2. The first-order valence-electron chi connectivity index (χ1n) is 6.22. The number of likely N-dealkylation sites (N-methyl/N-ethyl adjacent to an activating group) is 1. The smallest absolute Gasteiger partial charge is 0.305 e. The van der Waals surface area contributed by atoms with Gasteiger partial charge in [0, 0.05) is 18.7 Å². The van der Waals surface area contributed by atoms with Crippen molar-refractivity contribution in [2.45, 2.75) is 19.4 Å². The van der Waals surface area contributed by atoms with E-state index in [9.17, 15) is 14.4 Å². The fraction of sp³-hybridized carbons (Fsp3) is 0.357. The molecule has 1 aromatic rings. The van der Waals surface area contributed by atoms with E-state index in [1.54, 1.807) is 37.3 Å². The summed E-state index contributed by atoms with van der Waals surface area (Å²) in [7, 11) is 1.52. The lowest BCUT2D eigenvalue weighted by Gasteiger charge is -2.18. The topological polar surface area (TPSA) is 86.7 Å².